The van der Waals surface area contributed by atoms with Gasteiger partial charge in [0.1, 0.15) is 6.10 Å². The van der Waals surface area contributed by atoms with E-state index in [-0.39, 0.29) is 24.5 Å². The van der Waals surface area contributed by atoms with Gasteiger partial charge in [-0.1, -0.05) is 42.5 Å². The van der Waals surface area contributed by atoms with Gasteiger partial charge < -0.3 is 4.74 Å². The molecule has 0 bridgehead atoms. The van der Waals surface area contributed by atoms with Gasteiger partial charge in [-0.15, -0.1) is 12.4 Å². The summed E-state index contributed by atoms with van der Waals surface area (Å²) >= 11 is 3.40. The van der Waals surface area contributed by atoms with E-state index in [1.54, 1.807) is 6.07 Å². The normalized spacial score (nSPS) is 15.5. The number of rotatable bonds is 4. The number of hydrogen-bond donors (Lipinski definition) is 0. The van der Waals surface area contributed by atoms with Crippen molar-refractivity contribution in [2.75, 3.05) is 13.1 Å². The van der Waals surface area contributed by atoms with E-state index >= 15 is 0 Å². The predicted octanol–water partition coefficient (Wildman–Crippen LogP) is 4.69. The van der Waals surface area contributed by atoms with Crippen LogP contribution in [-0.4, -0.2) is 30.1 Å². The molecule has 1 aliphatic rings. The number of likely N-dealkylation sites (tertiary alicyclic amines) is 1. The van der Waals surface area contributed by atoms with Crippen molar-refractivity contribution in [1.82, 2.24) is 4.90 Å². The topological polar surface area (TPSA) is 29.5 Å². The highest BCUT2D eigenvalue weighted by molar-refractivity contribution is 9.10. The number of nitrogens with zero attached hydrogens (tertiary/aromatic N) is 1. The molecular formula is C19H21BrClNO2. The molecule has 1 saturated heterocycles. The number of carbonyl (C=O) groups is 1. The van der Waals surface area contributed by atoms with Gasteiger partial charge in [0.05, 0.1) is 5.56 Å². The van der Waals surface area contributed by atoms with Crippen LogP contribution in [0.15, 0.2) is 59.1 Å². The molecule has 0 N–H and O–H groups in total. The first-order chi connectivity index (χ1) is 11.2. The van der Waals surface area contributed by atoms with Crippen molar-refractivity contribution >= 4 is 34.3 Å². The van der Waals surface area contributed by atoms with Crippen LogP contribution in [-0.2, 0) is 11.3 Å². The molecule has 0 aliphatic carbocycles. The number of hydrogen-bond acceptors (Lipinski definition) is 3. The maximum atomic E-state index is 12.2. The monoisotopic (exact) mass is 409 g/mol. The molecule has 0 atom stereocenters. The second-order valence-corrected chi connectivity index (χ2v) is 6.70. The van der Waals surface area contributed by atoms with Gasteiger partial charge in [0.15, 0.2) is 0 Å². The minimum absolute atomic E-state index is 0. The fourth-order valence-corrected chi connectivity index (χ4v) is 3.32. The summed E-state index contributed by atoms with van der Waals surface area (Å²) in [4.78, 5) is 14.7. The van der Waals surface area contributed by atoms with Gasteiger partial charge in [-0.25, -0.2) is 4.79 Å². The van der Waals surface area contributed by atoms with Gasteiger partial charge in [0, 0.05) is 24.1 Å². The van der Waals surface area contributed by atoms with Crippen LogP contribution in [0.3, 0.4) is 0 Å². The zero-order chi connectivity index (χ0) is 16.1. The SMILES string of the molecule is Cl.O=C(OC1CCN(Cc2ccccc2)CC1)c1ccccc1Br. The van der Waals surface area contributed by atoms with Gasteiger partial charge in [-0.3, -0.25) is 4.90 Å². The fraction of sp³-hybridized carbons (Fsp3) is 0.316. The van der Waals surface area contributed by atoms with Gasteiger partial charge in [0.2, 0.25) is 0 Å². The molecule has 0 spiro atoms. The zero-order valence-electron chi connectivity index (χ0n) is 13.4. The minimum Gasteiger partial charge on any atom is -0.459 e. The van der Waals surface area contributed by atoms with E-state index < -0.39 is 0 Å². The first kappa shape index (κ1) is 19.0. The third-order valence-corrected chi connectivity index (χ3v) is 4.84. The zero-order valence-corrected chi connectivity index (χ0v) is 15.8. The van der Waals surface area contributed by atoms with Crippen molar-refractivity contribution in [3.05, 3.63) is 70.2 Å². The number of carbonyl (C=O) groups excluding carboxylic acids is 1. The Morgan fingerprint density at radius 2 is 1.67 bits per heavy atom. The van der Waals surface area contributed by atoms with E-state index in [1.165, 1.54) is 5.56 Å². The molecular weight excluding hydrogens is 390 g/mol. The number of ether oxygens (including phenoxy) is 1. The van der Waals surface area contributed by atoms with Crippen molar-refractivity contribution < 1.29 is 9.53 Å². The molecule has 2 aromatic rings. The Labute approximate surface area is 157 Å². The number of halogens is 2. The summed E-state index contributed by atoms with van der Waals surface area (Å²) in [5.41, 5.74) is 1.93. The second-order valence-electron chi connectivity index (χ2n) is 5.85. The molecule has 24 heavy (non-hydrogen) atoms. The third-order valence-electron chi connectivity index (χ3n) is 4.15. The summed E-state index contributed by atoms with van der Waals surface area (Å²) in [5, 5.41) is 0. The van der Waals surface area contributed by atoms with Crippen LogP contribution >= 0.6 is 28.3 Å². The first-order valence-corrected chi connectivity index (χ1v) is 8.73. The fourth-order valence-electron chi connectivity index (χ4n) is 2.87. The van der Waals surface area contributed by atoms with Crippen LogP contribution in [0.5, 0.6) is 0 Å². The molecule has 0 aromatic heterocycles. The average Bonchev–Trinajstić information content (AvgIpc) is 2.58. The smallest absolute Gasteiger partial charge is 0.339 e. The van der Waals surface area contributed by atoms with Gasteiger partial charge >= 0.3 is 5.97 Å². The lowest BCUT2D eigenvalue weighted by molar-refractivity contribution is 0.0103. The molecule has 1 heterocycles. The first-order valence-electron chi connectivity index (χ1n) is 7.94. The maximum absolute atomic E-state index is 12.2. The summed E-state index contributed by atoms with van der Waals surface area (Å²) in [5.74, 6) is -0.237. The highest BCUT2D eigenvalue weighted by Crippen LogP contribution is 2.21. The number of esters is 1. The highest BCUT2D eigenvalue weighted by atomic mass is 79.9. The Morgan fingerprint density at radius 3 is 2.33 bits per heavy atom. The summed E-state index contributed by atoms with van der Waals surface area (Å²) in [6.45, 7) is 2.89. The van der Waals surface area contributed by atoms with Crippen molar-refractivity contribution in [2.24, 2.45) is 0 Å². The summed E-state index contributed by atoms with van der Waals surface area (Å²) in [6, 6.07) is 17.9. The van der Waals surface area contributed by atoms with Crippen molar-refractivity contribution in [2.45, 2.75) is 25.5 Å². The predicted molar refractivity (Wildman–Crippen MR) is 102 cm³/mol. The molecule has 0 radical (unpaired) electrons. The van der Waals surface area contributed by atoms with E-state index in [1.807, 2.05) is 24.3 Å². The van der Waals surface area contributed by atoms with Gasteiger partial charge in [-0.2, -0.15) is 0 Å². The largest absolute Gasteiger partial charge is 0.459 e. The quantitative estimate of drug-likeness (QED) is 0.685. The molecule has 1 aliphatic heterocycles. The maximum Gasteiger partial charge on any atom is 0.339 e. The van der Waals surface area contributed by atoms with Crippen LogP contribution < -0.4 is 0 Å². The van der Waals surface area contributed by atoms with E-state index in [2.05, 4.69) is 45.1 Å². The van der Waals surface area contributed by atoms with E-state index in [0.717, 1.165) is 36.9 Å². The Morgan fingerprint density at radius 1 is 1.04 bits per heavy atom. The lowest BCUT2D eigenvalue weighted by Crippen LogP contribution is -2.37. The molecule has 0 amide bonds. The molecule has 5 heteroatoms. The Bertz CT molecular complexity index is 657. The van der Waals surface area contributed by atoms with Gasteiger partial charge in [-0.05, 0) is 46.5 Å². The molecule has 128 valence electrons. The molecule has 3 nitrogen and oxygen atoms in total. The van der Waals surface area contributed by atoms with Crippen molar-refractivity contribution in [3.63, 3.8) is 0 Å². The van der Waals surface area contributed by atoms with Crippen LogP contribution in [0.25, 0.3) is 0 Å². The summed E-state index contributed by atoms with van der Waals surface area (Å²) in [7, 11) is 0. The Hall–Kier alpha value is -1.36. The second kappa shape index (κ2) is 9.21. The Balaban J connectivity index is 0.00000208. The summed E-state index contributed by atoms with van der Waals surface area (Å²) in [6.07, 6.45) is 1.80. The lowest BCUT2D eigenvalue weighted by Gasteiger charge is -2.31. The lowest BCUT2D eigenvalue weighted by atomic mass is 10.1. The van der Waals surface area contributed by atoms with Crippen LogP contribution in [0.4, 0.5) is 0 Å². The molecule has 3 rings (SSSR count). The van der Waals surface area contributed by atoms with E-state index in [0.29, 0.717) is 5.56 Å². The van der Waals surface area contributed by atoms with E-state index in [9.17, 15) is 4.79 Å². The molecule has 0 unspecified atom stereocenters. The molecule has 1 fully saturated rings. The van der Waals surface area contributed by atoms with E-state index in [4.69, 9.17) is 4.74 Å². The van der Waals surface area contributed by atoms with Crippen LogP contribution in [0.2, 0.25) is 0 Å². The third kappa shape index (κ3) is 5.07. The standard InChI is InChI=1S/C19H20BrNO2.ClH/c20-18-9-5-4-8-17(18)19(22)23-16-10-12-21(13-11-16)14-15-6-2-1-3-7-15;/h1-9,16H,10-14H2;1H. The molecule has 0 saturated carbocycles. The Kier molecular flexibility index (Phi) is 7.28. The van der Waals surface area contributed by atoms with Crippen LogP contribution in [0, 0.1) is 0 Å². The van der Waals surface area contributed by atoms with Crippen molar-refractivity contribution in [3.8, 4) is 0 Å². The summed E-state index contributed by atoms with van der Waals surface area (Å²) < 4.78 is 6.44. The van der Waals surface area contributed by atoms with Crippen LogP contribution in [0.1, 0.15) is 28.8 Å². The number of benzene rings is 2. The minimum atomic E-state index is -0.237. The number of piperidine rings is 1. The highest BCUT2D eigenvalue weighted by Gasteiger charge is 2.23. The average molecular weight is 411 g/mol. The molecule has 2 aromatic carbocycles. The van der Waals surface area contributed by atoms with Gasteiger partial charge in [0.25, 0.3) is 0 Å². The van der Waals surface area contributed by atoms with Crippen molar-refractivity contribution in [1.29, 1.82) is 0 Å².